The van der Waals surface area contributed by atoms with Gasteiger partial charge in [0.1, 0.15) is 11.5 Å². The second kappa shape index (κ2) is 7.28. The van der Waals surface area contributed by atoms with E-state index in [1.165, 1.54) is 4.31 Å². The third kappa shape index (κ3) is 3.89. The minimum atomic E-state index is -3.57. The first-order valence-electron chi connectivity index (χ1n) is 7.05. The number of hydrogen-bond donors (Lipinski definition) is 1. The van der Waals surface area contributed by atoms with E-state index in [0.717, 1.165) is 5.56 Å². The van der Waals surface area contributed by atoms with Crippen LogP contribution in [0.2, 0.25) is 0 Å². The Bertz CT molecular complexity index is 599. The molecule has 0 saturated carbocycles. The zero-order chi connectivity index (χ0) is 16.2. The molecule has 0 amide bonds. The summed E-state index contributed by atoms with van der Waals surface area (Å²) in [6.07, 6.45) is 0. The van der Waals surface area contributed by atoms with Gasteiger partial charge in [-0.25, -0.2) is 0 Å². The molecule has 1 aromatic rings. The Kier molecular flexibility index (Phi) is 5.63. The van der Waals surface area contributed by atoms with Gasteiger partial charge in [-0.05, 0) is 25.1 Å². The van der Waals surface area contributed by atoms with Crippen LogP contribution in [0.3, 0.4) is 0 Å². The Labute approximate surface area is 131 Å². The summed E-state index contributed by atoms with van der Waals surface area (Å²) in [4.78, 5) is 0. The van der Waals surface area contributed by atoms with Crippen molar-refractivity contribution in [2.45, 2.75) is 13.0 Å². The summed E-state index contributed by atoms with van der Waals surface area (Å²) in [6.45, 7) is 3.32. The summed E-state index contributed by atoms with van der Waals surface area (Å²) in [5.74, 6) is 1.26. The second-order valence-electron chi connectivity index (χ2n) is 4.96. The average molecular weight is 330 g/mol. The summed E-state index contributed by atoms with van der Waals surface area (Å²) < 4.78 is 44.6. The van der Waals surface area contributed by atoms with Gasteiger partial charge in [-0.1, -0.05) is 0 Å². The number of ether oxygens (including phenoxy) is 3. The maximum atomic E-state index is 12.4. The van der Waals surface area contributed by atoms with Crippen molar-refractivity contribution in [2.75, 3.05) is 40.5 Å². The van der Waals surface area contributed by atoms with Crippen molar-refractivity contribution in [3.63, 3.8) is 0 Å². The molecule has 22 heavy (non-hydrogen) atoms. The molecule has 0 aromatic heterocycles. The van der Waals surface area contributed by atoms with Crippen molar-refractivity contribution in [1.29, 1.82) is 0 Å². The van der Waals surface area contributed by atoms with E-state index in [4.69, 9.17) is 14.2 Å². The molecule has 1 heterocycles. The third-order valence-electron chi connectivity index (χ3n) is 3.54. The molecular weight excluding hydrogens is 308 g/mol. The second-order valence-corrected chi connectivity index (χ2v) is 6.67. The van der Waals surface area contributed by atoms with Crippen LogP contribution in [0.4, 0.5) is 0 Å². The summed E-state index contributed by atoms with van der Waals surface area (Å²) in [6, 6.07) is 4.85. The van der Waals surface area contributed by atoms with Crippen LogP contribution in [0, 0.1) is 0 Å². The van der Waals surface area contributed by atoms with Gasteiger partial charge in [-0.15, -0.1) is 0 Å². The number of morpholine rings is 1. The van der Waals surface area contributed by atoms with E-state index in [0.29, 0.717) is 37.8 Å². The number of nitrogens with one attached hydrogen (secondary N) is 1. The fourth-order valence-corrected chi connectivity index (χ4v) is 3.68. The largest absolute Gasteiger partial charge is 0.497 e. The van der Waals surface area contributed by atoms with Crippen LogP contribution in [0.1, 0.15) is 18.5 Å². The summed E-state index contributed by atoms with van der Waals surface area (Å²) in [7, 11) is -0.455. The number of benzene rings is 1. The number of methoxy groups -OCH3 is 2. The van der Waals surface area contributed by atoms with E-state index >= 15 is 0 Å². The molecule has 0 radical (unpaired) electrons. The molecule has 8 heteroatoms. The summed E-state index contributed by atoms with van der Waals surface area (Å²) in [5, 5.41) is 0. The van der Waals surface area contributed by atoms with Crippen LogP contribution in [-0.2, 0) is 14.9 Å². The topological polar surface area (TPSA) is 77.1 Å². The lowest BCUT2D eigenvalue weighted by Crippen LogP contribution is -2.47. The van der Waals surface area contributed by atoms with Crippen molar-refractivity contribution in [3.8, 4) is 11.5 Å². The molecule has 124 valence electrons. The molecule has 1 unspecified atom stereocenters. The van der Waals surface area contributed by atoms with Gasteiger partial charge in [0.25, 0.3) is 10.2 Å². The van der Waals surface area contributed by atoms with Gasteiger partial charge in [-0.3, -0.25) is 0 Å². The smallest absolute Gasteiger partial charge is 0.280 e. The maximum absolute atomic E-state index is 12.4. The zero-order valence-corrected chi connectivity index (χ0v) is 13.9. The van der Waals surface area contributed by atoms with Gasteiger partial charge in [0.15, 0.2) is 0 Å². The van der Waals surface area contributed by atoms with Crippen molar-refractivity contribution >= 4 is 10.2 Å². The number of rotatable bonds is 6. The minimum Gasteiger partial charge on any atom is -0.497 e. The first-order chi connectivity index (χ1) is 10.5. The highest BCUT2D eigenvalue weighted by molar-refractivity contribution is 7.87. The van der Waals surface area contributed by atoms with E-state index in [9.17, 15) is 8.42 Å². The quantitative estimate of drug-likeness (QED) is 0.840. The number of hydrogen-bond acceptors (Lipinski definition) is 5. The lowest BCUT2D eigenvalue weighted by molar-refractivity contribution is 0.0723. The minimum absolute atomic E-state index is 0.358. The Hall–Kier alpha value is -1.35. The first kappa shape index (κ1) is 17.0. The monoisotopic (exact) mass is 330 g/mol. The molecule has 0 bridgehead atoms. The zero-order valence-electron chi connectivity index (χ0n) is 13.0. The highest BCUT2D eigenvalue weighted by Gasteiger charge is 2.27. The van der Waals surface area contributed by atoms with Gasteiger partial charge in [0, 0.05) is 24.7 Å². The van der Waals surface area contributed by atoms with Crippen molar-refractivity contribution in [2.24, 2.45) is 0 Å². The van der Waals surface area contributed by atoms with E-state index in [2.05, 4.69) is 4.72 Å². The molecule has 1 N–H and O–H groups in total. The van der Waals surface area contributed by atoms with Crippen LogP contribution in [0.5, 0.6) is 11.5 Å². The fraction of sp³-hybridized carbons (Fsp3) is 0.571. The van der Waals surface area contributed by atoms with E-state index in [1.54, 1.807) is 39.3 Å². The predicted octanol–water partition coefficient (Wildman–Crippen LogP) is 0.931. The van der Waals surface area contributed by atoms with E-state index < -0.39 is 16.3 Å². The molecule has 0 aliphatic carbocycles. The molecule has 1 saturated heterocycles. The van der Waals surface area contributed by atoms with Gasteiger partial charge >= 0.3 is 0 Å². The molecule has 1 aliphatic rings. The van der Waals surface area contributed by atoms with Gasteiger partial charge in [0.2, 0.25) is 0 Å². The highest BCUT2D eigenvalue weighted by Crippen LogP contribution is 2.29. The maximum Gasteiger partial charge on any atom is 0.280 e. The third-order valence-corrected chi connectivity index (χ3v) is 5.24. The number of nitrogens with zero attached hydrogens (tertiary/aromatic N) is 1. The Balaban J connectivity index is 2.18. The van der Waals surface area contributed by atoms with Crippen molar-refractivity contribution in [3.05, 3.63) is 23.8 Å². The van der Waals surface area contributed by atoms with E-state index in [1.807, 2.05) is 0 Å². The van der Waals surface area contributed by atoms with Crippen LogP contribution in [0.25, 0.3) is 0 Å². The van der Waals surface area contributed by atoms with Gasteiger partial charge in [0.05, 0.1) is 27.4 Å². The summed E-state index contributed by atoms with van der Waals surface area (Å²) in [5.41, 5.74) is 0.721. The molecule has 7 nitrogen and oxygen atoms in total. The van der Waals surface area contributed by atoms with Crippen molar-refractivity contribution < 1.29 is 22.6 Å². The van der Waals surface area contributed by atoms with Crippen molar-refractivity contribution in [1.82, 2.24) is 9.03 Å². The van der Waals surface area contributed by atoms with Gasteiger partial charge in [-0.2, -0.15) is 17.4 Å². The Morgan fingerprint density at radius 2 is 1.91 bits per heavy atom. The molecule has 1 atom stereocenters. The molecule has 1 aliphatic heterocycles. The SMILES string of the molecule is COc1ccc(OC)c(C(C)NS(=O)(=O)N2CCOCC2)c1. The summed E-state index contributed by atoms with van der Waals surface area (Å²) >= 11 is 0. The van der Waals surface area contributed by atoms with Crippen LogP contribution < -0.4 is 14.2 Å². The van der Waals surface area contributed by atoms with Gasteiger partial charge < -0.3 is 14.2 Å². The average Bonchev–Trinajstić information content (AvgIpc) is 2.54. The van der Waals surface area contributed by atoms with E-state index in [-0.39, 0.29) is 0 Å². The molecule has 2 rings (SSSR count). The van der Waals surface area contributed by atoms with Crippen LogP contribution in [0.15, 0.2) is 18.2 Å². The molecule has 1 aromatic carbocycles. The normalized spacial score (nSPS) is 18.0. The lowest BCUT2D eigenvalue weighted by atomic mass is 10.1. The Morgan fingerprint density at radius 1 is 1.23 bits per heavy atom. The molecular formula is C14H22N2O5S. The fourth-order valence-electron chi connectivity index (χ4n) is 2.33. The Morgan fingerprint density at radius 3 is 2.50 bits per heavy atom. The predicted molar refractivity (Wildman–Crippen MR) is 82.4 cm³/mol. The lowest BCUT2D eigenvalue weighted by Gasteiger charge is -2.28. The first-order valence-corrected chi connectivity index (χ1v) is 8.49. The molecule has 1 fully saturated rings. The van der Waals surface area contributed by atoms with Crippen LogP contribution >= 0.6 is 0 Å². The highest BCUT2D eigenvalue weighted by atomic mass is 32.2. The molecule has 0 spiro atoms. The van der Waals surface area contributed by atoms with Crippen LogP contribution in [-0.4, -0.2) is 53.2 Å². The standard InChI is InChI=1S/C14H22N2O5S/c1-11(13-10-12(19-2)4-5-14(13)20-3)15-22(17,18)16-6-8-21-9-7-16/h4-5,10-11,15H,6-9H2,1-3H3.